The molecule has 0 aliphatic rings. The normalized spacial score (nSPS) is 10.8. The van der Waals surface area contributed by atoms with E-state index in [4.69, 9.17) is 5.73 Å². The van der Waals surface area contributed by atoms with E-state index in [2.05, 4.69) is 25.9 Å². The molecule has 1 aromatic heterocycles. The summed E-state index contributed by atoms with van der Waals surface area (Å²) in [7, 11) is 1.58. The monoisotopic (exact) mass is 229 g/mol. The lowest BCUT2D eigenvalue weighted by molar-refractivity contribution is 1.22. The maximum absolute atomic E-state index is 11.1. The molecule has 0 aliphatic heterocycles. The average molecular weight is 230 g/mol. The summed E-state index contributed by atoms with van der Waals surface area (Å²) in [5, 5.41) is 0. The number of nitrogen functional groups attached to an aromatic ring is 1. The molecule has 1 heterocycles. The summed E-state index contributed by atoms with van der Waals surface area (Å²) in [6.45, 7) is 0. The van der Waals surface area contributed by atoms with Gasteiger partial charge in [0.15, 0.2) is 0 Å². The van der Waals surface area contributed by atoms with Crippen molar-refractivity contribution in [3.63, 3.8) is 0 Å². The number of nitrogens with one attached hydrogen (secondary N) is 1. The van der Waals surface area contributed by atoms with Crippen LogP contribution in [0.3, 0.4) is 0 Å². The predicted molar refractivity (Wildman–Crippen MR) is 52.7 cm³/mol. The highest BCUT2D eigenvalue weighted by Crippen LogP contribution is 2.17. The van der Waals surface area contributed by atoms with Crippen molar-refractivity contribution >= 4 is 27.8 Å². The summed E-state index contributed by atoms with van der Waals surface area (Å²) < 4.78 is 0.664. The number of aromatic amines is 1. The molecule has 12 heavy (non-hydrogen) atoms. The highest BCUT2D eigenvalue weighted by molar-refractivity contribution is 9.10. The fourth-order valence-electron chi connectivity index (χ4n) is 0.793. The molecule has 3 N–H and O–H groups in total. The number of hydrogen-bond donors (Lipinski definition) is 2. The van der Waals surface area contributed by atoms with Gasteiger partial charge in [0.05, 0.1) is 15.7 Å². The topological polar surface area (TPSA) is 71.2 Å². The maximum atomic E-state index is 11.1. The van der Waals surface area contributed by atoms with E-state index >= 15 is 0 Å². The Morgan fingerprint density at radius 1 is 1.75 bits per heavy atom. The Labute approximate surface area is 77.6 Å². The Kier molecular flexibility index (Phi) is 2.65. The fourth-order valence-corrected chi connectivity index (χ4v) is 1.12. The van der Waals surface area contributed by atoms with E-state index in [1.165, 1.54) is 12.4 Å². The summed E-state index contributed by atoms with van der Waals surface area (Å²) in [5.41, 5.74) is 6.16. The first-order chi connectivity index (χ1) is 5.66. The molecule has 0 bridgehead atoms. The van der Waals surface area contributed by atoms with Crippen LogP contribution >= 0.6 is 15.9 Å². The van der Waals surface area contributed by atoms with Crippen molar-refractivity contribution in [2.45, 2.75) is 0 Å². The van der Waals surface area contributed by atoms with Crippen LogP contribution in [-0.2, 0) is 0 Å². The minimum atomic E-state index is -0.235. The van der Waals surface area contributed by atoms with Gasteiger partial charge in [-0.1, -0.05) is 0 Å². The largest absolute Gasteiger partial charge is 0.397 e. The molecular formula is C7H8BrN3O. The van der Waals surface area contributed by atoms with Crippen LogP contribution in [-0.4, -0.2) is 18.2 Å². The summed E-state index contributed by atoms with van der Waals surface area (Å²) in [6, 6.07) is 0. The van der Waals surface area contributed by atoms with Crippen LogP contribution in [0.4, 0.5) is 5.69 Å². The number of nitrogens with two attached hydrogens (primary N) is 1. The smallest absolute Gasteiger partial charge is 0.258 e. The number of halogens is 1. The van der Waals surface area contributed by atoms with Crippen LogP contribution in [0.15, 0.2) is 20.5 Å². The Hall–Kier alpha value is -1.10. The van der Waals surface area contributed by atoms with Crippen LogP contribution in [0.5, 0.6) is 0 Å². The molecule has 0 radical (unpaired) electrons. The first-order valence-electron chi connectivity index (χ1n) is 3.25. The first kappa shape index (κ1) is 8.99. The van der Waals surface area contributed by atoms with E-state index in [1.54, 1.807) is 7.05 Å². The lowest BCUT2D eigenvalue weighted by Gasteiger charge is -1.99. The van der Waals surface area contributed by atoms with E-state index in [0.29, 0.717) is 15.7 Å². The second kappa shape index (κ2) is 3.53. The minimum Gasteiger partial charge on any atom is -0.397 e. The molecule has 0 aromatic carbocycles. The van der Waals surface area contributed by atoms with Crippen LogP contribution in [0, 0.1) is 0 Å². The van der Waals surface area contributed by atoms with Gasteiger partial charge in [0, 0.05) is 19.5 Å². The number of anilines is 1. The SMILES string of the molecule is CN=Cc1c(N)c(Br)c[nH]c1=O. The highest BCUT2D eigenvalue weighted by atomic mass is 79.9. The predicted octanol–water partition coefficient (Wildman–Crippen LogP) is 0.768. The Morgan fingerprint density at radius 2 is 2.42 bits per heavy atom. The van der Waals surface area contributed by atoms with Crippen molar-refractivity contribution in [1.29, 1.82) is 0 Å². The van der Waals surface area contributed by atoms with Gasteiger partial charge in [-0.3, -0.25) is 9.79 Å². The van der Waals surface area contributed by atoms with Crippen molar-refractivity contribution in [3.05, 3.63) is 26.6 Å². The van der Waals surface area contributed by atoms with Gasteiger partial charge in [-0.15, -0.1) is 0 Å². The summed E-state index contributed by atoms with van der Waals surface area (Å²) >= 11 is 3.19. The molecular weight excluding hydrogens is 222 g/mol. The minimum absolute atomic E-state index is 0.235. The lowest BCUT2D eigenvalue weighted by Crippen LogP contribution is -2.14. The van der Waals surface area contributed by atoms with Gasteiger partial charge >= 0.3 is 0 Å². The van der Waals surface area contributed by atoms with E-state index in [0.717, 1.165) is 0 Å². The molecule has 4 nitrogen and oxygen atoms in total. The molecule has 1 aromatic rings. The molecule has 0 saturated carbocycles. The van der Waals surface area contributed by atoms with E-state index in [9.17, 15) is 4.79 Å². The molecule has 64 valence electrons. The van der Waals surface area contributed by atoms with Crippen LogP contribution in [0.25, 0.3) is 0 Å². The van der Waals surface area contributed by atoms with Crippen LogP contribution in [0.2, 0.25) is 0 Å². The Morgan fingerprint density at radius 3 is 3.00 bits per heavy atom. The number of aliphatic imine (C=N–C) groups is 1. The number of H-pyrrole nitrogens is 1. The summed E-state index contributed by atoms with van der Waals surface area (Å²) in [5.74, 6) is 0. The third-order valence-electron chi connectivity index (χ3n) is 1.38. The number of nitrogens with zero attached hydrogens (tertiary/aromatic N) is 1. The zero-order valence-corrected chi connectivity index (χ0v) is 8.05. The summed E-state index contributed by atoms with van der Waals surface area (Å²) in [6.07, 6.45) is 2.93. The van der Waals surface area contributed by atoms with Gasteiger partial charge in [0.2, 0.25) is 0 Å². The van der Waals surface area contributed by atoms with Crippen molar-refractivity contribution in [1.82, 2.24) is 4.98 Å². The molecule has 0 aliphatic carbocycles. The second-order valence-electron chi connectivity index (χ2n) is 2.18. The van der Waals surface area contributed by atoms with Gasteiger partial charge in [0.1, 0.15) is 0 Å². The Balaban J connectivity index is 3.43. The van der Waals surface area contributed by atoms with Crippen molar-refractivity contribution in [2.75, 3.05) is 12.8 Å². The van der Waals surface area contributed by atoms with E-state index in [-0.39, 0.29) is 5.56 Å². The quantitative estimate of drug-likeness (QED) is 0.699. The Bertz CT molecular complexity index is 369. The van der Waals surface area contributed by atoms with Gasteiger partial charge in [-0.25, -0.2) is 0 Å². The molecule has 1 rings (SSSR count). The van der Waals surface area contributed by atoms with Crippen LogP contribution < -0.4 is 11.3 Å². The third-order valence-corrected chi connectivity index (χ3v) is 2.04. The van der Waals surface area contributed by atoms with E-state index in [1.807, 2.05) is 0 Å². The second-order valence-corrected chi connectivity index (χ2v) is 3.03. The zero-order chi connectivity index (χ0) is 9.14. The lowest BCUT2D eigenvalue weighted by atomic mass is 10.2. The average Bonchev–Trinajstić information content (AvgIpc) is 2.06. The van der Waals surface area contributed by atoms with Crippen LogP contribution in [0.1, 0.15) is 5.56 Å². The molecule has 0 unspecified atom stereocenters. The number of aromatic nitrogens is 1. The fraction of sp³-hybridized carbons (Fsp3) is 0.143. The van der Waals surface area contributed by atoms with Crippen molar-refractivity contribution in [3.8, 4) is 0 Å². The zero-order valence-electron chi connectivity index (χ0n) is 6.47. The molecule has 0 spiro atoms. The standard InChI is InChI=1S/C7H8BrN3O/c1-10-2-4-6(9)5(8)3-11-7(4)12/h2-3H,1H3,(H3,9,11,12). The molecule has 0 fully saturated rings. The van der Waals surface area contributed by atoms with Gasteiger partial charge in [0.25, 0.3) is 5.56 Å². The van der Waals surface area contributed by atoms with Crippen molar-refractivity contribution < 1.29 is 0 Å². The number of pyridine rings is 1. The summed E-state index contributed by atoms with van der Waals surface area (Å²) in [4.78, 5) is 17.4. The van der Waals surface area contributed by atoms with Crippen molar-refractivity contribution in [2.24, 2.45) is 4.99 Å². The molecule has 5 heteroatoms. The van der Waals surface area contributed by atoms with Gasteiger partial charge in [-0.05, 0) is 15.9 Å². The molecule has 0 amide bonds. The number of hydrogen-bond acceptors (Lipinski definition) is 3. The highest BCUT2D eigenvalue weighted by Gasteiger charge is 2.04. The van der Waals surface area contributed by atoms with Gasteiger partial charge in [-0.2, -0.15) is 0 Å². The number of rotatable bonds is 1. The van der Waals surface area contributed by atoms with E-state index < -0.39 is 0 Å². The molecule has 0 atom stereocenters. The molecule has 0 saturated heterocycles. The maximum Gasteiger partial charge on any atom is 0.258 e. The third kappa shape index (κ3) is 1.55. The van der Waals surface area contributed by atoms with Gasteiger partial charge < -0.3 is 10.7 Å². The first-order valence-corrected chi connectivity index (χ1v) is 4.05.